The number of hydrogen-bond donors (Lipinski definition) is 1. The third-order valence-electron chi connectivity index (χ3n) is 5.42. The van der Waals surface area contributed by atoms with E-state index in [0.717, 1.165) is 12.6 Å². The molecule has 1 aliphatic heterocycles. The number of rotatable bonds is 4. The summed E-state index contributed by atoms with van der Waals surface area (Å²) in [4.78, 5) is 5.09. The van der Waals surface area contributed by atoms with E-state index in [4.69, 9.17) is 5.73 Å². The fourth-order valence-corrected chi connectivity index (χ4v) is 4.01. The lowest BCUT2D eigenvalue weighted by molar-refractivity contribution is 0.0909. The zero-order chi connectivity index (χ0) is 13.4. The molecule has 3 nitrogen and oxygen atoms in total. The van der Waals surface area contributed by atoms with Crippen LogP contribution < -0.4 is 5.73 Å². The highest BCUT2D eigenvalue weighted by Crippen LogP contribution is 2.46. The van der Waals surface area contributed by atoms with E-state index >= 15 is 0 Å². The molecular formula is C15H31N3. The summed E-state index contributed by atoms with van der Waals surface area (Å²) in [5, 5.41) is 0. The van der Waals surface area contributed by atoms with E-state index in [9.17, 15) is 0 Å². The van der Waals surface area contributed by atoms with Gasteiger partial charge in [0.15, 0.2) is 0 Å². The topological polar surface area (TPSA) is 32.5 Å². The van der Waals surface area contributed by atoms with Gasteiger partial charge < -0.3 is 10.6 Å². The molecule has 2 N–H and O–H groups in total. The van der Waals surface area contributed by atoms with E-state index < -0.39 is 0 Å². The molecule has 2 fully saturated rings. The van der Waals surface area contributed by atoms with E-state index in [0.29, 0.717) is 5.41 Å². The predicted octanol–water partition coefficient (Wildman–Crippen LogP) is 1.92. The minimum atomic E-state index is 0.257. The van der Waals surface area contributed by atoms with Crippen molar-refractivity contribution < 1.29 is 0 Å². The molecule has 18 heavy (non-hydrogen) atoms. The standard InChI is InChI=1S/C15H31N3/c1-14(2)7-8-15(11-14,12-16)18(4)10-13-6-5-9-17(13)3/h13H,5-12,16H2,1-4H3. The van der Waals surface area contributed by atoms with Gasteiger partial charge in [-0.25, -0.2) is 0 Å². The first-order chi connectivity index (χ1) is 8.38. The zero-order valence-corrected chi connectivity index (χ0v) is 12.7. The molecule has 0 bridgehead atoms. The number of nitrogens with zero attached hydrogens (tertiary/aromatic N) is 2. The summed E-state index contributed by atoms with van der Waals surface area (Å²) < 4.78 is 0. The Bertz CT molecular complexity index is 289. The van der Waals surface area contributed by atoms with Crippen LogP contribution in [0.4, 0.5) is 0 Å². The van der Waals surface area contributed by atoms with Crippen molar-refractivity contribution in [1.82, 2.24) is 9.80 Å². The fraction of sp³-hybridized carbons (Fsp3) is 1.00. The first-order valence-corrected chi connectivity index (χ1v) is 7.50. The molecule has 3 heteroatoms. The minimum Gasteiger partial charge on any atom is -0.329 e. The molecule has 0 aromatic carbocycles. The molecule has 1 saturated carbocycles. The van der Waals surface area contributed by atoms with E-state index in [1.807, 2.05) is 0 Å². The maximum Gasteiger partial charge on any atom is 0.0334 e. The molecule has 2 atom stereocenters. The largest absolute Gasteiger partial charge is 0.329 e. The lowest BCUT2D eigenvalue weighted by Crippen LogP contribution is -2.54. The number of likely N-dealkylation sites (N-methyl/N-ethyl adjacent to an activating group) is 2. The Kier molecular flexibility index (Phi) is 4.05. The Hall–Kier alpha value is -0.120. The van der Waals surface area contributed by atoms with Crippen LogP contribution in [0.2, 0.25) is 0 Å². The number of hydrogen-bond acceptors (Lipinski definition) is 3. The van der Waals surface area contributed by atoms with Crippen LogP contribution in [0.3, 0.4) is 0 Å². The van der Waals surface area contributed by atoms with Crippen LogP contribution in [0, 0.1) is 5.41 Å². The maximum atomic E-state index is 6.14. The molecule has 0 amide bonds. The average molecular weight is 253 g/mol. The SMILES string of the molecule is CN1CCCC1CN(C)C1(CN)CCC(C)(C)C1. The summed E-state index contributed by atoms with van der Waals surface area (Å²) in [5.74, 6) is 0. The Morgan fingerprint density at radius 3 is 2.50 bits per heavy atom. The summed E-state index contributed by atoms with van der Waals surface area (Å²) >= 11 is 0. The van der Waals surface area contributed by atoms with E-state index in [2.05, 4.69) is 37.7 Å². The van der Waals surface area contributed by atoms with Gasteiger partial charge in [0.05, 0.1) is 0 Å². The van der Waals surface area contributed by atoms with Crippen molar-refractivity contribution in [3.8, 4) is 0 Å². The fourth-order valence-electron chi connectivity index (χ4n) is 4.01. The van der Waals surface area contributed by atoms with Crippen molar-refractivity contribution >= 4 is 0 Å². The lowest BCUT2D eigenvalue weighted by atomic mass is 9.86. The molecule has 0 radical (unpaired) electrons. The van der Waals surface area contributed by atoms with Crippen molar-refractivity contribution in [1.29, 1.82) is 0 Å². The molecule has 0 spiro atoms. The molecule has 1 heterocycles. The van der Waals surface area contributed by atoms with Crippen LogP contribution in [-0.2, 0) is 0 Å². The van der Waals surface area contributed by atoms with Crippen molar-refractivity contribution in [2.75, 3.05) is 33.7 Å². The third-order valence-corrected chi connectivity index (χ3v) is 5.42. The second-order valence-corrected chi connectivity index (χ2v) is 7.43. The Morgan fingerprint density at radius 2 is 2.06 bits per heavy atom. The van der Waals surface area contributed by atoms with Gasteiger partial charge in [-0.3, -0.25) is 4.90 Å². The van der Waals surface area contributed by atoms with Crippen LogP contribution >= 0.6 is 0 Å². The van der Waals surface area contributed by atoms with Crippen LogP contribution in [0.5, 0.6) is 0 Å². The van der Waals surface area contributed by atoms with Gasteiger partial charge in [0.1, 0.15) is 0 Å². The molecule has 106 valence electrons. The van der Waals surface area contributed by atoms with Crippen LogP contribution in [0.1, 0.15) is 46.0 Å². The van der Waals surface area contributed by atoms with Gasteiger partial charge >= 0.3 is 0 Å². The quantitative estimate of drug-likeness (QED) is 0.831. The van der Waals surface area contributed by atoms with E-state index in [1.54, 1.807) is 0 Å². The first-order valence-electron chi connectivity index (χ1n) is 7.50. The van der Waals surface area contributed by atoms with Gasteiger partial charge in [0.25, 0.3) is 0 Å². The Morgan fingerprint density at radius 1 is 1.33 bits per heavy atom. The summed E-state index contributed by atoms with van der Waals surface area (Å²) in [6.45, 7) is 8.03. The van der Waals surface area contributed by atoms with Gasteiger partial charge in [-0.1, -0.05) is 13.8 Å². The van der Waals surface area contributed by atoms with Crippen LogP contribution in [0.15, 0.2) is 0 Å². The Labute approximate surface area is 113 Å². The molecule has 0 aromatic rings. The smallest absolute Gasteiger partial charge is 0.0334 e. The van der Waals surface area contributed by atoms with Crippen molar-refractivity contribution in [3.63, 3.8) is 0 Å². The zero-order valence-electron chi connectivity index (χ0n) is 12.7. The average Bonchev–Trinajstić information content (AvgIpc) is 2.84. The Balaban J connectivity index is 2.00. The van der Waals surface area contributed by atoms with Gasteiger partial charge in [0, 0.05) is 24.7 Å². The van der Waals surface area contributed by atoms with Crippen LogP contribution in [0.25, 0.3) is 0 Å². The number of nitrogens with two attached hydrogens (primary N) is 1. The van der Waals surface area contributed by atoms with Crippen molar-refractivity contribution in [3.05, 3.63) is 0 Å². The minimum absolute atomic E-state index is 0.257. The van der Waals surface area contributed by atoms with Gasteiger partial charge in [0.2, 0.25) is 0 Å². The van der Waals surface area contributed by atoms with Crippen molar-refractivity contribution in [2.24, 2.45) is 11.1 Å². The van der Waals surface area contributed by atoms with E-state index in [1.165, 1.54) is 45.2 Å². The van der Waals surface area contributed by atoms with Crippen LogP contribution in [-0.4, -0.2) is 55.1 Å². The summed E-state index contributed by atoms with van der Waals surface area (Å²) in [6, 6.07) is 0.738. The molecule has 1 aliphatic carbocycles. The van der Waals surface area contributed by atoms with Gasteiger partial charge in [-0.2, -0.15) is 0 Å². The monoisotopic (exact) mass is 253 g/mol. The highest BCUT2D eigenvalue weighted by molar-refractivity contribution is 5.02. The second-order valence-electron chi connectivity index (χ2n) is 7.43. The highest BCUT2D eigenvalue weighted by Gasteiger charge is 2.45. The lowest BCUT2D eigenvalue weighted by Gasteiger charge is -2.41. The first kappa shape index (κ1) is 14.3. The van der Waals surface area contributed by atoms with Gasteiger partial charge in [-0.05, 0) is 58.2 Å². The van der Waals surface area contributed by atoms with Gasteiger partial charge in [-0.15, -0.1) is 0 Å². The van der Waals surface area contributed by atoms with E-state index in [-0.39, 0.29) is 5.54 Å². The second kappa shape index (κ2) is 5.10. The summed E-state index contributed by atoms with van der Waals surface area (Å²) in [7, 11) is 4.56. The maximum absolute atomic E-state index is 6.14. The summed E-state index contributed by atoms with van der Waals surface area (Å²) in [5.41, 5.74) is 6.87. The predicted molar refractivity (Wildman–Crippen MR) is 77.7 cm³/mol. The van der Waals surface area contributed by atoms with Crippen molar-refractivity contribution in [2.45, 2.75) is 57.5 Å². The molecule has 2 aliphatic rings. The molecule has 2 unspecified atom stereocenters. The normalized spacial score (nSPS) is 36.7. The molecule has 0 aromatic heterocycles. The molecule has 1 saturated heterocycles. The summed E-state index contributed by atoms with van der Waals surface area (Å²) in [6.07, 6.45) is 6.54. The highest BCUT2D eigenvalue weighted by atomic mass is 15.2. The molecular weight excluding hydrogens is 222 g/mol. The third kappa shape index (κ3) is 2.73. The number of likely N-dealkylation sites (tertiary alicyclic amines) is 1. The molecule has 2 rings (SSSR count).